The molecule has 2 rings (SSSR count). The normalized spacial score (nSPS) is 18.1. The molecular formula is C20H30N2O5S. The molecule has 1 aliphatic heterocycles. The first-order chi connectivity index (χ1) is 13.1. The summed E-state index contributed by atoms with van der Waals surface area (Å²) in [5.74, 6) is 0.178. The summed E-state index contributed by atoms with van der Waals surface area (Å²) in [5, 5.41) is 2.74. The van der Waals surface area contributed by atoms with E-state index in [1.165, 1.54) is 0 Å². The van der Waals surface area contributed by atoms with Crippen LogP contribution in [-0.4, -0.2) is 62.4 Å². The van der Waals surface area contributed by atoms with E-state index in [2.05, 4.69) is 5.32 Å². The molecule has 0 aromatic heterocycles. The number of para-hydroxylation sites is 1. The number of amides is 2. The van der Waals surface area contributed by atoms with Crippen LogP contribution in [0.3, 0.4) is 0 Å². The topological polar surface area (TPSA) is 92.8 Å². The molecule has 28 heavy (non-hydrogen) atoms. The number of hydrogen-bond acceptors (Lipinski definition) is 5. The fraction of sp³-hybridized carbons (Fsp3) is 0.600. The van der Waals surface area contributed by atoms with Gasteiger partial charge in [0.25, 0.3) is 11.8 Å². The highest BCUT2D eigenvalue weighted by atomic mass is 32.2. The van der Waals surface area contributed by atoms with Gasteiger partial charge in [0.1, 0.15) is 5.75 Å². The van der Waals surface area contributed by atoms with Crippen LogP contribution in [-0.2, 0) is 14.6 Å². The minimum atomic E-state index is -3.10. The lowest BCUT2D eigenvalue weighted by Gasteiger charge is -2.30. The van der Waals surface area contributed by atoms with Crippen LogP contribution in [0.1, 0.15) is 43.1 Å². The van der Waals surface area contributed by atoms with Crippen molar-refractivity contribution < 1.29 is 22.7 Å². The van der Waals surface area contributed by atoms with Crippen molar-refractivity contribution in [3.63, 3.8) is 0 Å². The SMILES string of the molecule is CCNC(=O)c1cccc(C)c1OCC(=O)N(CC(C)C)C1CCS(=O)(=O)C1. The Morgan fingerprint density at radius 3 is 2.61 bits per heavy atom. The number of rotatable bonds is 8. The number of ether oxygens (including phenoxy) is 1. The molecule has 1 unspecified atom stereocenters. The monoisotopic (exact) mass is 410 g/mol. The molecule has 156 valence electrons. The zero-order valence-corrected chi connectivity index (χ0v) is 17.8. The fourth-order valence-corrected chi connectivity index (χ4v) is 5.10. The van der Waals surface area contributed by atoms with Gasteiger partial charge in [-0.25, -0.2) is 8.42 Å². The maximum atomic E-state index is 12.9. The van der Waals surface area contributed by atoms with E-state index >= 15 is 0 Å². The first-order valence-corrected chi connectivity index (χ1v) is 11.5. The molecule has 0 bridgehead atoms. The van der Waals surface area contributed by atoms with Crippen molar-refractivity contribution in [1.29, 1.82) is 0 Å². The second-order valence-corrected chi connectivity index (χ2v) is 9.83. The van der Waals surface area contributed by atoms with Crippen LogP contribution in [0.5, 0.6) is 5.75 Å². The zero-order valence-electron chi connectivity index (χ0n) is 17.0. The van der Waals surface area contributed by atoms with Gasteiger partial charge in [0.05, 0.1) is 17.1 Å². The molecule has 1 aliphatic rings. The Labute approximate surface area is 167 Å². The van der Waals surface area contributed by atoms with Crippen LogP contribution >= 0.6 is 0 Å². The van der Waals surface area contributed by atoms with E-state index in [0.29, 0.717) is 30.8 Å². The molecule has 1 atom stereocenters. The number of hydrogen-bond donors (Lipinski definition) is 1. The van der Waals surface area contributed by atoms with Gasteiger partial charge in [-0.2, -0.15) is 0 Å². The minimum absolute atomic E-state index is 0.0000192. The van der Waals surface area contributed by atoms with Crippen LogP contribution in [0.4, 0.5) is 0 Å². The predicted molar refractivity (Wildman–Crippen MR) is 108 cm³/mol. The Kier molecular flexibility index (Phi) is 7.46. The molecule has 1 N–H and O–H groups in total. The molecule has 0 saturated carbocycles. The number of nitrogens with zero attached hydrogens (tertiary/aromatic N) is 1. The lowest BCUT2D eigenvalue weighted by molar-refractivity contribution is -0.135. The van der Waals surface area contributed by atoms with Gasteiger partial charge in [0.15, 0.2) is 16.4 Å². The molecule has 0 spiro atoms. The summed E-state index contributed by atoms with van der Waals surface area (Å²) in [4.78, 5) is 26.8. The highest BCUT2D eigenvalue weighted by molar-refractivity contribution is 7.91. The van der Waals surface area contributed by atoms with Crippen LogP contribution in [0.25, 0.3) is 0 Å². The second-order valence-electron chi connectivity index (χ2n) is 7.60. The first kappa shape index (κ1) is 22.2. The van der Waals surface area contributed by atoms with Crippen LogP contribution < -0.4 is 10.1 Å². The third-order valence-corrected chi connectivity index (χ3v) is 6.42. The van der Waals surface area contributed by atoms with Gasteiger partial charge < -0.3 is 15.0 Å². The maximum absolute atomic E-state index is 12.9. The number of sulfone groups is 1. The van der Waals surface area contributed by atoms with Gasteiger partial charge in [0.2, 0.25) is 0 Å². The molecule has 2 amide bonds. The molecule has 8 heteroatoms. The van der Waals surface area contributed by atoms with Crippen molar-refractivity contribution >= 4 is 21.7 Å². The van der Waals surface area contributed by atoms with Gasteiger partial charge >= 0.3 is 0 Å². The highest BCUT2D eigenvalue weighted by Crippen LogP contribution is 2.24. The summed E-state index contributed by atoms with van der Waals surface area (Å²) in [6, 6.07) is 4.93. The average Bonchev–Trinajstić information content (AvgIpc) is 2.97. The van der Waals surface area contributed by atoms with Gasteiger partial charge in [-0.05, 0) is 37.8 Å². The average molecular weight is 411 g/mol. The van der Waals surface area contributed by atoms with E-state index in [4.69, 9.17) is 4.74 Å². The zero-order chi connectivity index (χ0) is 20.9. The molecular weight excluding hydrogens is 380 g/mol. The lowest BCUT2D eigenvalue weighted by atomic mass is 10.1. The van der Waals surface area contributed by atoms with Crippen molar-refractivity contribution in [3.05, 3.63) is 29.3 Å². The number of carbonyl (C=O) groups is 2. The largest absolute Gasteiger partial charge is 0.483 e. The quantitative estimate of drug-likeness (QED) is 0.705. The third kappa shape index (κ3) is 5.70. The molecule has 7 nitrogen and oxygen atoms in total. The third-order valence-electron chi connectivity index (χ3n) is 4.67. The Hall–Kier alpha value is -2.09. The van der Waals surface area contributed by atoms with Crippen molar-refractivity contribution in [2.24, 2.45) is 5.92 Å². The van der Waals surface area contributed by atoms with E-state index in [9.17, 15) is 18.0 Å². The van der Waals surface area contributed by atoms with Gasteiger partial charge in [-0.15, -0.1) is 0 Å². The van der Waals surface area contributed by atoms with E-state index in [0.717, 1.165) is 5.56 Å². The molecule has 1 saturated heterocycles. The van der Waals surface area contributed by atoms with Gasteiger partial charge in [0, 0.05) is 19.1 Å². The molecule has 1 heterocycles. The Bertz CT molecular complexity index is 820. The second kappa shape index (κ2) is 9.41. The Morgan fingerprint density at radius 1 is 1.32 bits per heavy atom. The first-order valence-electron chi connectivity index (χ1n) is 9.65. The van der Waals surface area contributed by atoms with Crippen molar-refractivity contribution in [2.45, 2.75) is 40.2 Å². The Morgan fingerprint density at radius 2 is 2.04 bits per heavy atom. The van der Waals surface area contributed by atoms with Gasteiger partial charge in [-0.3, -0.25) is 9.59 Å². The number of aryl methyl sites for hydroxylation is 1. The molecule has 1 aromatic rings. The Balaban J connectivity index is 2.15. The molecule has 0 aliphatic carbocycles. The van der Waals surface area contributed by atoms with Crippen molar-refractivity contribution in [2.75, 3.05) is 31.2 Å². The summed E-state index contributed by atoms with van der Waals surface area (Å²) >= 11 is 0. The molecule has 1 fully saturated rings. The van der Waals surface area contributed by atoms with Gasteiger partial charge in [-0.1, -0.05) is 26.0 Å². The predicted octanol–water partition coefficient (Wildman–Crippen LogP) is 1.80. The summed E-state index contributed by atoms with van der Waals surface area (Å²) in [7, 11) is -3.10. The summed E-state index contributed by atoms with van der Waals surface area (Å²) in [6.45, 7) is 8.34. The standard InChI is InChI=1S/C20H30N2O5S/c1-5-21-20(24)17-8-6-7-15(4)19(17)27-12-18(23)22(11-14(2)3)16-9-10-28(25,26)13-16/h6-8,14,16H,5,9-13H2,1-4H3,(H,21,24). The van der Waals surface area contributed by atoms with Crippen molar-refractivity contribution in [1.82, 2.24) is 10.2 Å². The van der Waals surface area contributed by atoms with Crippen LogP contribution in [0.15, 0.2) is 18.2 Å². The van der Waals surface area contributed by atoms with E-state index in [1.807, 2.05) is 33.8 Å². The number of carbonyl (C=O) groups excluding carboxylic acids is 2. The highest BCUT2D eigenvalue weighted by Gasteiger charge is 2.35. The number of nitrogens with one attached hydrogen (secondary N) is 1. The van der Waals surface area contributed by atoms with Crippen LogP contribution in [0.2, 0.25) is 0 Å². The van der Waals surface area contributed by atoms with E-state index < -0.39 is 9.84 Å². The van der Waals surface area contributed by atoms with E-state index in [1.54, 1.807) is 17.0 Å². The van der Waals surface area contributed by atoms with Crippen molar-refractivity contribution in [3.8, 4) is 5.75 Å². The van der Waals surface area contributed by atoms with E-state index in [-0.39, 0.29) is 41.9 Å². The fourth-order valence-electron chi connectivity index (χ4n) is 3.36. The lowest BCUT2D eigenvalue weighted by Crippen LogP contribution is -2.45. The minimum Gasteiger partial charge on any atom is -0.483 e. The molecule has 1 aromatic carbocycles. The number of benzene rings is 1. The summed E-state index contributed by atoms with van der Waals surface area (Å²) in [5.41, 5.74) is 1.14. The van der Waals surface area contributed by atoms with Crippen LogP contribution in [0, 0.1) is 12.8 Å². The molecule has 0 radical (unpaired) electrons. The maximum Gasteiger partial charge on any atom is 0.260 e. The summed E-state index contributed by atoms with van der Waals surface area (Å²) < 4.78 is 29.5. The smallest absolute Gasteiger partial charge is 0.260 e. The summed E-state index contributed by atoms with van der Waals surface area (Å²) in [6.07, 6.45) is 0.454.